The Morgan fingerprint density at radius 1 is 1.42 bits per heavy atom. The van der Waals surface area contributed by atoms with E-state index >= 15 is 0 Å². The largest absolute Gasteiger partial charge is 0.497 e. The Morgan fingerprint density at radius 3 is 2.84 bits per heavy atom. The second-order valence-electron chi connectivity index (χ2n) is 4.39. The average Bonchev–Trinajstić information content (AvgIpc) is 2.89. The number of H-pyrrole nitrogens is 1. The van der Waals surface area contributed by atoms with Gasteiger partial charge in [0, 0.05) is 17.7 Å². The number of hydrogen-bond donors (Lipinski definition) is 2. The van der Waals surface area contributed by atoms with Gasteiger partial charge in [-0.1, -0.05) is 19.9 Å². The fraction of sp³-hybridized carbons (Fsp3) is 0.308. The van der Waals surface area contributed by atoms with Crippen LogP contribution in [0.4, 0.5) is 5.69 Å². The number of carbonyl (C=O) groups excluding carboxylic acids is 1. The molecule has 0 atom stereocenters. The molecular formula is C13H16N4O2. The second-order valence-corrected chi connectivity index (χ2v) is 4.39. The van der Waals surface area contributed by atoms with E-state index in [2.05, 4.69) is 20.5 Å². The fourth-order valence-corrected chi connectivity index (χ4v) is 1.52. The molecule has 0 saturated carbocycles. The summed E-state index contributed by atoms with van der Waals surface area (Å²) in [6.07, 6.45) is 0. The second kappa shape index (κ2) is 5.51. The number of methoxy groups -OCH3 is 1. The van der Waals surface area contributed by atoms with Crippen molar-refractivity contribution in [2.45, 2.75) is 19.8 Å². The number of nitrogens with one attached hydrogen (secondary N) is 2. The lowest BCUT2D eigenvalue weighted by molar-refractivity contribution is 0.101. The lowest BCUT2D eigenvalue weighted by Gasteiger charge is -2.04. The lowest BCUT2D eigenvalue weighted by atomic mass is 10.2. The molecule has 0 bridgehead atoms. The molecule has 6 heteroatoms. The topological polar surface area (TPSA) is 79.9 Å². The summed E-state index contributed by atoms with van der Waals surface area (Å²) in [5.74, 6) is 1.35. The van der Waals surface area contributed by atoms with Crippen LogP contribution in [0.3, 0.4) is 0 Å². The molecule has 0 unspecified atom stereocenters. The van der Waals surface area contributed by atoms with Gasteiger partial charge in [0.2, 0.25) is 5.82 Å². The monoisotopic (exact) mass is 260 g/mol. The molecular weight excluding hydrogens is 244 g/mol. The number of amides is 1. The Bertz CT molecular complexity index is 578. The first-order valence-electron chi connectivity index (χ1n) is 5.98. The molecule has 1 aromatic heterocycles. The van der Waals surface area contributed by atoms with Crippen LogP contribution in [0.25, 0.3) is 0 Å². The molecule has 6 nitrogen and oxygen atoms in total. The van der Waals surface area contributed by atoms with Crippen LogP contribution in [-0.2, 0) is 0 Å². The molecule has 1 heterocycles. The maximum absolute atomic E-state index is 12.0. The van der Waals surface area contributed by atoms with Gasteiger partial charge >= 0.3 is 0 Å². The van der Waals surface area contributed by atoms with E-state index in [1.54, 1.807) is 31.4 Å². The van der Waals surface area contributed by atoms with E-state index in [9.17, 15) is 4.79 Å². The standard InChI is InChI=1S/C13H16N4O2/c1-8(2)11-15-12(17-16-11)13(18)14-9-5-4-6-10(7-9)19-3/h4-8H,1-3H3,(H,14,18)(H,15,16,17). The fourth-order valence-electron chi connectivity index (χ4n) is 1.52. The van der Waals surface area contributed by atoms with E-state index in [0.29, 0.717) is 17.3 Å². The zero-order valence-corrected chi connectivity index (χ0v) is 11.1. The lowest BCUT2D eigenvalue weighted by Crippen LogP contribution is -2.13. The predicted octanol–water partition coefficient (Wildman–Crippen LogP) is 2.19. The normalized spacial score (nSPS) is 10.5. The van der Waals surface area contributed by atoms with E-state index in [-0.39, 0.29) is 17.6 Å². The Morgan fingerprint density at radius 2 is 2.21 bits per heavy atom. The van der Waals surface area contributed by atoms with Gasteiger partial charge in [-0.15, -0.1) is 5.10 Å². The van der Waals surface area contributed by atoms with Crippen molar-refractivity contribution in [1.29, 1.82) is 0 Å². The highest BCUT2D eigenvalue weighted by atomic mass is 16.5. The third-order valence-corrected chi connectivity index (χ3v) is 2.58. The Balaban J connectivity index is 2.11. The van der Waals surface area contributed by atoms with Crippen molar-refractivity contribution in [3.63, 3.8) is 0 Å². The van der Waals surface area contributed by atoms with Gasteiger partial charge in [-0.2, -0.15) is 0 Å². The van der Waals surface area contributed by atoms with Gasteiger partial charge in [0.15, 0.2) is 0 Å². The molecule has 1 amide bonds. The Labute approximate surface area is 111 Å². The highest BCUT2D eigenvalue weighted by Gasteiger charge is 2.14. The predicted molar refractivity (Wildman–Crippen MR) is 71.4 cm³/mol. The van der Waals surface area contributed by atoms with Crippen LogP contribution >= 0.6 is 0 Å². The summed E-state index contributed by atoms with van der Waals surface area (Å²) in [6, 6.07) is 7.11. The molecule has 0 fully saturated rings. The number of aromatic amines is 1. The minimum absolute atomic E-state index is 0.131. The van der Waals surface area contributed by atoms with Crippen LogP contribution in [0.1, 0.15) is 36.2 Å². The average molecular weight is 260 g/mol. The highest BCUT2D eigenvalue weighted by Crippen LogP contribution is 2.17. The number of benzene rings is 1. The van der Waals surface area contributed by atoms with Gasteiger partial charge in [-0.3, -0.25) is 9.89 Å². The Kier molecular flexibility index (Phi) is 3.79. The van der Waals surface area contributed by atoms with E-state index in [0.717, 1.165) is 0 Å². The molecule has 0 aliphatic heterocycles. The number of nitrogens with zero attached hydrogens (tertiary/aromatic N) is 2. The Hall–Kier alpha value is -2.37. The van der Waals surface area contributed by atoms with Crippen LogP contribution in [0.5, 0.6) is 5.75 Å². The van der Waals surface area contributed by atoms with E-state index in [1.165, 1.54) is 0 Å². The van der Waals surface area contributed by atoms with Crippen LogP contribution in [0.15, 0.2) is 24.3 Å². The SMILES string of the molecule is COc1cccc(NC(=O)c2n[nH]c(C(C)C)n2)c1. The van der Waals surface area contributed by atoms with Gasteiger partial charge < -0.3 is 10.1 Å². The third-order valence-electron chi connectivity index (χ3n) is 2.58. The number of hydrogen-bond acceptors (Lipinski definition) is 4. The van der Waals surface area contributed by atoms with Crippen LogP contribution < -0.4 is 10.1 Å². The van der Waals surface area contributed by atoms with Gasteiger partial charge in [-0.05, 0) is 12.1 Å². The van der Waals surface area contributed by atoms with Crippen molar-refractivity contribution in [1.82, 2.24) is 15.2 Å². The zero-order valence-electron chi connectivity index (χ0n) is 11.1. The first kappa shape index (κ1) is 13.1. The van der Waals surface area contributed by atoms with Gasteiger partial charge in [0.05, 0.1) is 7.11 Å². The molecule has 100 valence electrons. The van der Waals surface area contributed by atoms with Gasteiger partial charge in [0.25, 0.3) is 5.91 Å². The summed E-state index contributed by atoms with van der Waals surface area (Å²) in [5, 5.41) is 9.37. The number of rotatable bonds is 4. The molecule has 0 radical (unpaired) electrons. The van der Waals surface area contributed by atoms with Crippen molar-refractivity contribution in [3.8, 4) is 5.75 Å². The third kappa shape index (κ3) is 3.09. The van der Waals surface area contributed by atoms with E-state index in [4.69, 9.17) is 4.74 Å². The summed E-state index contributed by atoms with van der Waals surface area (Å²) in [7, 11) is 1.57. The molecule has 1 aromatic carbocycles. The van der Waals surface area contributed by atoms with Crippen molar-refractivity contribution in [3.05, 3.63) is 35.9 Å². The molecule has 0 spiro atoms. The van der Waals surface area contributed by atoms with Crippen molar-refractivity contribution >= 4 is 11.6 Å². The first-order chi connectivity index (χ1) is 9.10. The minimum atomic E-state index is -0.351. The van der Waals surface area contributed by atoms with Gasteiger partial charge in [-0.25, -0.2) is 4.98 Å². The maximum atomic E-state index is 12.0. The van der Waals surface area contributed by atoms with E-state index < -0.39 is 0 Å². The molecule has 2 aromatic rings. The van der Waals surface area contributed by atoms with Crippen molar-refractivity contribution < 1.29 is 9.53 Å². The number of carbonyl (C=O) groups is 1. The van der Waals surface area contributed by atoms with Crippen LogP contribution in [-0.4, -0.2) is 28.2 Å². The number of aromatic nitrogens is 3. The quantitative estimate of drug-likeness (QED) is 0.883. The summed E-state index contributed by atoms with van der Waals surface area (Å²) in [4.78, 5) is 16.1. The summed E-state index contributed by atoms with van der Waals surface area (Å²) in [6.45, 7) is 3.95. The van der Waals surface area contributed by atoms with Crippen LogP contribution in [0.2, 0.25) is 0 Å². The molecule has 2 N–H and O–H groups in total. The van der Waals surface area contributed by atoms with Crippen molar-refractivity contribution in [2.75, 3.05) is 12.4 Å². The first-order valence-corrected chi connectivity index (χ1v) is 5.98. The summed E-state index contributed by atoms with van der Waals surface area (Å²) >= 11 is 0. The molecule has 2 rings (SSSR count). The number of ether oxygens (including phenoxy) is 1. The minimum Gasteiger partial charge on any atom is -0.497 e. The molecule has 19 heavy (non-hydrogen) atoms. The van der Waals surface area contributed by atoms with Gasteiger partial charge in [0.1, 0.15) is 11.6 Å². The number of anilines is 1. The highest BCUT2D eigenvalue weighted by molar-refractivity contribution is 6.01. The molecule has 0 aliphatic rings. The smallest absolute Gasteiger partial charge is 0.295 e. The molecule has 0 aliphatic carbocycles. The van der Waals surface area contributed by atoms with E-state index in [1.807, 2.05) is 13.8 Å². The maximum Gasteiger partial charge on any atom is 0.295 e. The summed E-state index contributed by atoms with van der Waals surface area (Å²) in [5.41, 5.74) is 0.639. The summed E-state index contributed by atoms with van der Waals surface area (Å²) < 4.78 is 5.09. The zero-order chi connectivity index (χ0) is 13.8. The van der Waals surface area contributed by atoms with Crippen LogP contribution in [0, 0.1) is 0 Å². The van der Waals surface area contributed by atoms with Crippen molar-refractivity contribution in [2.24, 2.45) is 0 Å². The molecule has 0 saturated heterocycles.